The number of carbonyl (C=O) groups is 1. The maximum Gasteiger partial charge on any atom is 0.244 e. The molecule has 1 atom stereocenters. The molecule has 0 aliphatic carbocycles. The normalized spacial score (nSPS) is 16.5. The number of anilines is 1. The fraction of sp³-hybridized carbons (Fsp3) is 0.286. The van der Waals surface area contributed by atoms with Crippen LogP contribution in [-0.2, 0) is 11.3 Å². The summed E-state index contributed by atoms with van der Waals surface area (Å²) in [6.07, 6.45) is 9.95. The molecular formula is C21H21FN8O. The van der Waals surface area contributed by atoms with E-state index in [9.17, 15) is 9.18 Å². The number of likely N-dealkylation sites (tertiary alicyclic amines) is 1. The van der Waals surface area contributed by atoms with E-state index >= 15 is 0 Å². The van der Waals surface area contributed by atoms with E-state index in [1.165, 1.54) is 12.3 Å². The van der Waals surface area contributed by atoms with Crippen molar-refractivity contribution in [1.82, 2.24) is 34.0 Å². The average Bonchev–Trinajstić information content (AvgIpc) is 3.43. The van der Waals surface area contributed by atoms with Crippen molar-refractivity contribution in [1.29, 1.82) is 0 Å². The number of rotatable bonds is 5. The van der Waals surface area contributed by atoms with Gasteiger partial charge in [0.25, 0.3) is 0 Å². The molecule has 0 saturated carbocycles. The lowest BCUT2D eigenvalue weighted by Crippen LogP contribution is -2.46. The molecule has 0 radical (unpaired) electrons. The van der Waals surface area contributed by atoms with Crippen LogP contribution < -0.4 is 5.32 Å². The highest BCUT2D eigenvalue weighted by Gasteiger charge is 2.24. The van der Waals surface area contributed by atoms with E-state index in [4.69, 9.17) is 0 Å². The highest BCUT2D eigenvalue weighted by Crippen LogP contribution is 2.20. The predicted octanol–water partition coefficient (Wildman–Crippen LogP) is 2.23. The van der Waals surface area contributed by atoms with Crippen molar-refractivity contribution >= 4 is 17.4 Å². The van der Waals surface area contributed by atoms with E-state index in [1.54, 1.807) is 52.1 Å². The Morgan fingerprint density at radius 2 is 2.16 bits per heavy atom. The summed E-state index contributed by atoms with van der Waals surface area (Å²) in [6, 6.07) is 6.65. The third kappa shape index (κ3) is 4.09. The number of hydrogen-bond acceptors (Lipinski definition) is 6. The van der Waals surface area contributed by atoms with E-state index in [0.717, 1.165) is 19.4 Å². The van der Waals surface area contributed by atoms with Gasteiger partial charge in [-0.25, -0.2) is 19.3 Å². The molecule has 0 bridgehead atoms. The molecule has 1 N–H and O–H groups in total. The SMILES string of the molecule is O=C(Cn1cccn1)N1CCC[C@@H](Nc2ccnc(-c3cnc4ccc(F)cn34)n2)C1. The minimum absolute atomic E-state index is 0.0475. The second-order valence-electron chi connectivity index (χ2n) is 7.51. The van der Waals surface area contributed by atoms with Crippen LogP contribution in [0.25, 0.3) is 17.2 Å². The summed E-state index contributed by atoms with van der Waals surface area (Å²) in [4.78, 5) is 27.7. The minimum Gasteiger partial charge on any atom is -0.365 e. The van der Waals surface area contributed by atoms with Crippen LogP contribution in [0.1, 0.15) is 12.8 Å². The number of aromatic nitrogens is 6. The molecule has 1 amide bonds. The number of hydrogen-bond donors (Lipinski definition) is 1. The standard InChI is InChI=1S/C21H21FN8O/c22-15-4-5-19-24-11-17(30(19)12-15)21-23-8-6-18(27-21)26-16-3-1-9-28(13-16)20(31)14-29-10-2-7-25-29/h2,4-8,10-12,16H,1,3,9,13-14H2,(H,23,26,27)/t16-/m1/s1. The lowest BCUT2D eigenvalue weighted by atomic mass is 10.1. The summed E-state index contributed by atoms with van der Waals surface area (Å²) in [7, 11) is 0. The highest BCUT2D eigenvalue weighted by atomic mass is 19.1. The van der Waals surface area contributed by atoms with Crippen molar-refractivity contribution in [2.45, 2.75) is 25.4 Å². The van der Waals surface area contributed by atoms with Crippen LogP contribution in [-0.4, -0.2) is 59.1 Å². The van der Waals surface area contributed by atoms with Gasteiger partial charge in [-0.2, -0.15) is 5.10 Å². The Balaban J connectivity index is 1.30. The van der Waals surface area contributed by atoms with Gasteiger partial charge >= 0.3 is 0 Å². The molecule has 1 aliphatic rings. The molecule has 9 nitrogen and oxygen atoms in total. The van der Waals surface area contributed by atoms with E-state index in [-0.39, 0.29) is 24.3 Å². The number of fused-ring (bicyclic) bond motifs is 1. The lowest BCUT2D eigenvalue weighted by Gasteiger charge is -2.33. The van der Waals surface area contributed by atoms with Crippen molar-refractivity contribution in [3.05, 3.63) is 61.1 Å². The number of nitrogens with zero attached hydrogens (tertiary/aromatic N) is 7. The maximum absolute atomic E-state index is 13.7. The van der Waals surface area contributed by atoms with Crippen LogP contribution in [0.3, 0.4) is 0 Å². The quantitative estimate of drug-likeness (QED) is 0.532. The van der Waals surface area contributed by atoms with Gasteiger partial charge in [-0.15, -0.1) is 0 Å². The molecule has 1 fully saturated rings. The Labute approximate surface area is 177 Å². The second kappa shape index (κ2) is 8.13. The van der Waals surface area contributed by atoms with Gasteiger partial charge in [0.15, 0.2) is 5.82 Å². The number of carbonyl (C=O) groups excluding carboxylic acids is 1. The molecular weight excluding hydrogens is 399 g/mol. The van der Waals surface area contributed by atoms with Crippen molar-refractivity contribution < 1.29 is 9.18 Å². The number of amides is 1. The van der Waals surface area contributed by atoms with Gasteiger partial charge in [0.05, 0.1) is 6.20 Å². The van der Waals surface area contributed by atoms with Crippen LogP contribution >= 0.6 is 0 Å². The van der Waals surface area contributed by atoms with Crippen LogP contribution in [0.5, 0.6) is 0 Å². The number of nitrogens with one attached hydrogen (secondary N) is 1. The van der Waals surface area contributed by atoms with Crippen molar-refractivity contribution in [3.8, 4) is 11.5 Å². The summed E-state index contributed by atoms with van der Waals surface area (Å²) >= 11 is 0. The van der Waals surface area contributed by atoms with Crippen LogP contribution in [0.2, 0.25) is 0 Å². The molecule has 31 heavy (non-hydrogen) atoms. The molecule has 0 aromatic carbocycles. The van der Waals surface area contributed by atoms with Gasteiger partial charge in [-0.05, 0) is 37.1 Å². The minimum atomic E-state index is -0.358. The van der Waals surface area contributed by atoms with Crippen LogP contribution in [0.4, 0.5) is 10.2 Å². The zero-order chi connectivity index (χ0) is 21.2. The molecule has 10 heteroatoms. The van der Waals surface area contributed by atoms with Gasteiger partial charge in [0, 0.05) is 43.9 Å². The molecule has 158 valence electrons. The van der Waals surface area contributed by atoms with Gasteiger partial charge in [-0.1, -0.05) is 0 Å². The smallest absolute Gasteiger partial charge is 0.244 e. The summed E-state index contributed by atoms with van der Waals surface area (Å²) in [5, 5.41) is 7.52. The van der Waals surface area contributed by atoms with Crippen LogP contribution in [0.15, 0.2) is 55.2 Å². The maximum atomic E-state index is 13.7. The third-order valence-electron chi connectivity index (χ3n) is 5.34. The first kappa shape index (κ1) is 19.2. The highest BCUT2D eigenvalue weighted by molar-refractivity contribution is 5.76. The number of piperidine rings is 1. The predicted molar refractivity (Wildman–Crippen MR) is 112 cm³/mol. The fourth-order valence-corrected chi connectivity index (χ4v) is 3.85. The van der Waals surface area contributed by atoms with E-state index in [0.29, 0.717) is 29.5 Å². The Kier molecular flexibility index (Phi) is 5.03. The Hall–Kier alpha value is -3.82. The lowest BCUT2D eigenvalue weighted by molar-refractivity contribution is -0.133. The van der Waals surface area contributed by atoms with Crippen molar-refractivity contribution in [3.63, 3.8) is 0 Å². The summed E-state index contributed by atoms with van der Waals surface area (Å²) in [5.74, 6) is 0.794. The molecule has 1 saturated heterocycles. The first-order chi connectivity index (χ1) is 15.2. The van der Waals surface area contributed by atoms with E-state index in [1.807, 2.05) is 4.90 Å². The first-order valence-electron chi connectivity index (χ1n) is 10.1. The van der Waals surface area contributed by atoms with Gasteiger partial charge in [0.2, 0.25) is 5.91 Å². The topological polar surface area (TPSA) is 93.2 Å². The number of halogens is 1. The number of pyridine rings is 1. The molecule has 5 rings (SSSR count). The van der Waals surface area contributed by atoms with Gasteiger partial charge in [0.1, 0.15) is 29.5 Å². The largest absolute Gasteiger partial charge is 0.365 e. The Bertz CT molecular complexity index is 1210. The third-order valence-corrected chi connectivity index (χ3v) is 5.34. The molecule has 5 heterocycles. The Morgan fingerprint density at radius 3 is 3.03 bits per heavy atom. The zero-order valence-electron chi connectivity index (χ0n) is 16.7. The van der Waals surface area contributed by atoms with E-state index < -0.39 is 0 Å². The monoisotopic (exact) mass is 420 g/mol. The Morgan fingerprint density at radius 1 is 1.23 bits per heavy atom. The zero-order valence-corrected chi connectivity index (χ0v) is 16.7. The molecule has 4 aromatic heterocycles. The van der Waals surface area contributed by atoms with E-state index in [2.05, 4.69) is 25.4 Å². The average molecular weight is 420 g/mol. The molecule has 0 spiro atoms. The van der Waals surface area contributed by atoms with Crippen molar-refractivity contribution in [2.75, 3.05) is 18.4 Å². The molecule has 4 aromatic rings. The second-order valence-corrected chi connectivity index (χ2v) is 7.51. The molecule has 1 aliphatic heterocycles. The summed E-state index contributed by atoms with van der Waals surface area (Å²) < 4.78 is 16.9. The molecule has 0 unspecified atom stereocenters. The van der Waals surface area contributed by atoms with Crippen molar-refractivity contribution in [2.24, 2.45) is 0 Å². The fourth-order valence-electron chi connectivity index (χ4n) is 3.85. The summed E-state index contributed by atoms with van der Waals surface area (Å²) in [6.45, 7) is 1.57. The van der Waals surface area contributed by atoms with Gasteiger partial charge < -0.3 is 10.2 Å². The first-order valence-corrected chi connectivity index (χ1v) is 10.1. The number of imidazole rings is 1. The van der Waals surface area contributed by atoms with Gasteiger partial charge in [-0.3, -0.25) is 13.9 Å². The summed E-state index contributed by atoms with van der Waals surface area (Å²) in [5.41, 5.74) is 1.23. The van der Waals surface area contributed by atoms with Crippen LogP contribution in [0, 0.1) is 5.82 Å².